The number of benzene rings is 1. The van der Waals surface area contributed by atoms with Crippen molar-refractivity contribution in [3.8, 4) is 0 Å². The summed E-state index contributed by atoms with van der Waals surface area (Å²) in [4.78, 5) is 21.4. The molecular formula is C10H10ClN3O3. The van der Waals surface area contributed by atoms with Crippen molar-refractivity contribution >= 4 is 29.0 Å². The van der Waals surface area contributed by atoms with Crippen molar-refractivity contribution in [3.05, 3.63) is 33.3 Å². The maximum Gasteiger partial charge on any atom is 0.319 e. The number of nitro benzene ring substituents is 1. The number of nitrogens with zero attached hydrogens (tertiary/aromatic N) is 1. The van der Waals surface area contributed by atoms with E-state index in [0.717, 1.165) is 12.8 Å². The molecule has 0 aliphatic heterocycles. The summed E-state index contributed by atoms with van der Waals surface area (Å²) in [6, 6.07) is 3.80. The van der Waals surface area contributed by atoms with Gasteiger partial charge in [0.15, 0.2) is 0 Å². The van der Waals surface area contributed by atoms with E-state index < -0.39 is 4.92 Å². The molecule has 7 heteroatoms. The van der Waals surface area contributed by atoms with Gasteiger partial charge in [-0.1, -0.05) is 11.6 Å². The highest BCUT2D eigenvalue weighted by Gasteiger charge is 2.23. The number of hydrogen-bond donors (Lipinski definition) is 2. The predicted molar refractivity (Wildman–Crippen MR) is 63.3 cm³/mol. The van der Waals surface area contributed by atoms with Crippen LogP contribution in [0.3, 0.4) is 0 Å². The summed E-state index contributed by atoms with van der Waals surface area (Å²) >= 11 is 5.82. The zero-order valence-corrected chi connectivity index (χ0v) is 9.53. The lowest BCUT2D eigenvalue weighted by molar-refractivity contribution is -0.384. The smallest absolute Gasteiger partial charge is 0.319 e. The molecule has 1 aromatic carbocycles. The van der Waals surface area contributed by atoms with Crippen LogP contribution in [-0.2, 0) is 0 Å². The maximum atomic E-state index is 11.4. The van der Waals surface area contributed by atoms with Crippen LogP contribution in [0, 0.1) is 10.1 Å². The summed E-state index contributed by atoms with van der Waals surface area (Å²) < 4.78 is 0. The quantitative estimate of drug-likeness (QED) is 0.643. The van der Waals surface area contributed by atoms with E-state index in [-0.39, 0.29) is 22.8 Å². The second-order valence-corrected chi connectivity index (χ2v) is 4.20. The first-order chi connectivity index (χ1) is 8.06. The number of anilines is 1. The molecule has 0 heterocycles. The van der Waals surface area contributed by atoms with E-state index >= 15 is 0 Å². The Morgan fingerprint density at radius 1 is 1.47 bits per heavy atom. The molecule has 0 saturated heterocycles. The van der Waals surface area contributed by atoms with Gasteiger partial charge in [-0.05, 0) is 18.9 Å². The highest BCUT2D eigenvalue weighted by molar-refractivity contribution is 6.33. The third kappa shape index (κ3) is 3.07. The summed E-state index contributed by atoms with van der Waals surface area (Å²) in [5.74, 6) is 0. The lowest BCUT2D eigenvalue weighted by Crippen LogP contribution is -2.30. The van der Waals surface area contributed by atoms with Gasteiger partial charge in [-0.25, -0.2) is 4.79 Å². The topological polar surface area (TPSA) is 84.3 Å². The Labute approximate surface area is 102 Å². The van der Waals surface area contributed by atoms with Crippen molar-refractivity contribution in [1.29, 1.82) is 0 Å². The standard InChI is InChI=1S/C10H10ClN3O3/c11-8-5-7(14(16)17)3-4-9(8)13-10(15)12-6-1-2-6/h3-6H,1-2H2,(H2,12,13,15). The number of carbonyl (C=O) groups excluding carboxylic acids is 1. The van der Waals surface area contributed by atoms with E-state index in [1.807, 2.05) is 0 Å². The number of nitrogens with one attached hydrogen (secondary N) is 2. The minimum absolute atomic E-state index is 0.108. The lowest BCUT2D eigenvalue weighted by Gasteiger charge is -2.07. The molecule has 2 N–H and O–H groups in total. The molecule has 1 fully saturated rings. The van der Waals surface area contributed by atoms with Crippen LogP contribution in [0.5, 0.6) is 0 Å². The monoisotopic (exact) mass is 255 g/mol. The average Bonchev–Trinajstić information content (AvgIpc) is 3.04. The molecule has 1 aromatic rings. The van der Waals surface area contributed by atoms with Gasteiger partial charge >= 0.3 is 6.03 Å². The molecule has 1 aliphatic rings. The number of nitro groups is 1. The highest BCUT2D eigenvalue weighted by atomic mass is 35.5. The fraction of sp³-hybridized carbons (Fsp3) is 0.300. The van der Waals surface area contributed by atoms with E-state index in [1.165, 1.54) is 18.2 Å². The first kappa shape index (κ1) is 11.7. The fourth-order valence-electron chi connectivity index (χ4n) is 1.29. The van der Waals surface area contributed by atoms with Crippen molar-refractivity contribution < 1.29 is 9.72 Å². The zero-order valence-electron chi connectivity index (χ0n) is 8.77. The largest absolute Gasteiger partial charge is 0.335 e. The van der Waals surface area contributed by atoms with Crippen LogP contribution in [0.4, 0.5) is 16.2 Å². The van der Waals surface area contributed by atoms with Crippen molar-refractivity contribution in [1.82, 2.24) is 5.32 Å². The number of rotatable bonds is 3. The molecule has 0 spiro atoms. The van der Waals surface area contributed by atoms with Crippen LogP contribution in [-0.4, -0.2) is 17.0 Å². The molecule has 0 unspecified atom stereocenters. The zero-order chi connectivity index (χ0) is 12.4. The molecule has 0 aromatic heterocycles. The van der Waals surface area contributed by atoms with Gasteiger partial charge in [0.25, 0.3) is 5.69 Å². The van der Waals surface area contributed by atoms with Gasteiger partial charge in [0.05, 0.1) is 15.6 Å². The van der Waals surface area contributed by atoms with Gasteiger partial charge < -0.3 is 10.6 Å². The molecule has 90 valence electrons. The van der Waals surface area contributed by atoms with Crippen molar-refractivity contribution in [2.45, 2.75) is 18.9 Å². The summed E-state index contributed by atoms with van der Waals surface area (Å²) in [7, 11) is 0. The number of non-ortho nitro benzene ring substituents is 1. The van der Waals surface area contributed by atoms with Crippen molar-refractivity contribution in [3.63, 3.8) is 0 Å². The number of amides is 2. The average molecular weight is 256 g/mol. The molecule has 2 rings (SSSR count). The first-order valence-corrected chi connectivity index (χ1v) is 5.45. The normalized spacial score (nSPS) is 14.2. The van der Waals surface area contributed by atoms with Crippen molar-refractivity contribution in [2.24, 2.45) is 0 Å². The van der Waals surface area contributed by atoms with Crippen LogP contribution in [0.1, 0.15) is 12.8 Å². The summed E-state index contributed by atoms with van der Waals surface area (Å²) in [6.07, 6.45) is 1.98. The molecule has 0 atom stereocenters. The predicted octanol–water partition coefficient (Wildman–Crippen LogP) is 2.53. The van der Waals surface area contributed by atoms with E-state index in [4.69, 9.17) is 11.6 Å². The van der Waals surface area contributed by atoms with Gasteiger partial charge in [0.1, 0.15) is 0 Å². The number of carbonyl (C=O) groups is 1. The molecule has 0 bridgehead atoms. The van der Waals surface area contributed by atoms with Crippen molar-refractivity contribution in [2.75, 3.05) is 5.32 Å². The number of urea groups is 1. The molecule has 6 nitrogen and oxygen atoms in total. The van der Waals surface area contributed by atoms with Gasteiger partial charge in [-0.3, -0.25) is 10.1 Å². The van der Waals surface area contributed by atoms with E-state index in [1.54, 1.807) is 0 Å². The fourth-order valence-corrected chi connectivity index (χ4v) is 1.51. The van der Waals surface area contributed by atoms with E-state index in [0.29, 0.717) is 5.69 Å². The third-order valence-electron chi connectivity index (χ3n) is 2.32. The second kappa shape index (κ2) is 4.58. The number of halogens is 1. The maximum absolute atomic E-state index is 11.4. The Hall–Kier alpha value is -1.82. The van der Waals surface area contributed by atoms with Crippen LogP contribution >= 0.6 is 11.6 Å². The number of hydrogen-bond acceptors (Lipinski definition) is 3. The summed E-state index contributed by atoms with van der Waals surface area (Å²) in [5.41, 5.74) is 0.249. The minimum Gasteiger partial charge on any atom is -0.335 e. The van der Waals surface area contributed by atoms with Crippen LogP contribution in [0.15, 0.2) is 18.2 Å². The Kier molecular flexibility index (Phi) is 3.14. The Bertz CT molecular complexity index is 474. The molecular weight excluding hydrogens is 246 g/mol. The van der Waals surface area contributed by atoms with Gasteiger partial charge in [0.2, 0.25) is 0 Å². The van der Waals surface area contributed by atoms with Crippen LogP contribution in [0.25, 0.3) is 0 Å². The second-order valence-electron chi connectivity index (χ2n) is 3.79. The van der Waals surface area contributed by atoms with E-state index in [9.17, 15) is 14.9 Å². The molecule has 17 heavy (non-hydrogen) atoms. The summed E-state index contributed by atoms with van der Waals surface area (Å²) in [6.45, 7) is 0. The van der Waals surface area contributed by atoms with Gasteiger partial charge in [-0.2, -0.15) is 0 Å². The van der Waals surface area contributed by atoms with E-state index in [2.05, 4.69) is 10.6 Å². The Balaban J connectivity index is 2.04. The molecule has 0 radical (unpaired) electrons. The van der Waals surface area contributed by atoms with Crippen LogP contribution in [0.2, 0.25) is 5.02 Å². The molecule has 1 aliphatic carbocycles. The van der Waals surface area contributed by atoms with Gasteiger partial charge in [-0.15, -0.1) is 0 Å². The molecule has 2 amide bonds. The highest BCUT2D eigenvalue weighted by Crippen LogP contribution is 2.26. The Morgan fingerprint density at radius 3 is 2.71 bits per heavy atom. The Morgan fingerprint density at radius 2 is 2.18 bits per heavy atom. The first-order valence-electron chi connectivity index (χ1n) is 5.08. The lowest BCUT2D eigenvalue weighted by atomic mass is 10.3. The molecule has 1 saturated carbocycles. The third-order valence-corrected chi connectivity index (χ3v) is 2.64. The summed E-state index contributed by atoms with van der Waals surface area (Å²) in [5, 5.41) is 15.9. The minimum atomic E-state index is -0.542. The van der Waals surface area contributed by atoms with Gasteiger partial charge in [0, 0.05) is 18.2 Å². The SMILES string of the molecule is O=C(Nc1ccc([N+](=O)[O-])cc1Cl)NC1CC1. The van der Waals surface area contributed by atoms with Crippen LogP contribution < -0.4 is 10.6 Å².